The Morgan fingerprint density at radius 1 is 1.42 bits per heavy atom. The van der Waals surface area contributed by atoms with E-state index in [2.05, 4.69) is 6.92 Å². The van der Waals surface area contributed by atoms with E-state index in [1.807, 2.05) is 6.07 Å². The van der Waals surface area contributed by atoms with E-state index in [1.165, 1.54) is 6.07 Å². The lowest BCUT2D eigenvalue weighted by atomic mass is 9.67. The van der Waals surface area contributed by atoms with Crippen LogP contribution >= 0.6 is 0 Å². The van der Waals surface area contributed by atoms with Gasteiger partial charge in [0.25, 0.3) is 0 Å². The van der Waals surface area contributed by atoms with Crippen molar-refractivity contribution in [2.75, 3.05) is 6.54 Å². The van der Waals surface area contributed by atoms with E-state index in [9.17, 15) is 9.50 Å². The third-order valence-corrected chi connectivity index (χ3v) is 5.42. The van der Waals surface area contributed by atoms with Crippen molar-refractivity contribution in [2.24, 2.45) is 17.1 Å². The molecule has 0 radical (unpaired) electrons. The van der Waals surface area contributed by atoms with E-state index in [1.54, 1.807) is 6.07 Å². The summed E-state index contributed by atoms with van der Waals surface area (Å²) in [5, 5.41) is 11.3. The van der Waals surface area contributed by atoms with Crippen LogP contribution in [0.2, 0.25) is 0 Å². The number of hydrogen-bond acceptors (Lipinski definition) is 2. The van der Waals surface area contributed by atoms with Crippen molar-refractivity contribution in [3.8, 4) is 0 Å². The molecule has 104 valence electrons. The predicted octanol–water partition coefficient (Wildman–Crippen LogP) is 2.72. The maximum Gasteiger partial charge on any atom is 0.126 e. The first-order valence-corrected chi connectivity index (χ1v) is 7.23. The number of fused-ring (bicyclic) bond motifs is 1. The Bertz CT molecular complexity index is 504. The molecule has 3 atom stereocenters. The third kappa shape index (κ3) is 1.68. The molecule has 0 aliphatic heterocycles. The number of nitrogens with two attached hydrogens (primary N) is 1. The number of aliphatic hydroxyl groups is 1. The average molecular weight is 263 g/mol. The van der Waals surface area contributed by atoms with Crippen LogP contribution in [-0.4, -0.2) is 11.7 Å². The SMILES string of the molecule is CC1CCC(CN)(C2(O)CCc3c(F)cccc32)C1. The highest BCUT2D eigenvalue weighted by molar-refractivity contribution is 5.40. The summed E-state index contributed by atoms with van der Waals surface area (Å²) in [6.45, 7) is 2.69. The normalized spacial score (nSPS) is 37.6. The van der Waals surface area contributed by atoms with Gasteiger partial charge in [-0.25, -0.2) is 4.39 Å². The van der Waals surface area contributed by atoms with Gasteiger partial charge in [-0.3, -0.25) is 0 Å². The molecule has 3 unspecified atom stereocenters. The minimum absolute atomic E-state index is 0.188. The van der Waals surface area contributed by atoms with Crippen LogP contribution in [0.1, 0.15) is 43.7 Å². The fourth-order valence-electron chi connectivity index (χ4n) is 4.32. The molecule has 2 aliphatic carbocycles. The van der Waals surface area contributed by atoms with Crippen LogP contribution in [0.3, 0.4) is 0 Å². The molecule has 3 heteroatoms. The van der Waals surface area contributed by atoms with Gasteiger partial charge in [0, 0.05) is 12.0 Å². The Morgan fingerprint density at radius 2 is 2.21 bits per heavy atom. The Balaban J connectivity index is 2.09. The molecule has 2 nitrogen and oxygen atoms in total. The van der Waals surface area contributed by atoms with Crippen LogP contribution in [0.4, 0.5) is 4.39 Å². The van der Waals surface area contributed by atoms with E-state index >= 15 is 0 Å². The highest BCUT2D eigenvalue weighted by atomic mass is 19.1. The van der Waals surface area contributed by atoms with E-state index in [-0.39, 0.29) is 11.2 Å². The first kappa shape index (κ1) is 13.1. The van der Waals surface area contributed by atoms with Gasteiger partial charge in [0.1, 0.15) is 5.82 Å². The Morgan fingerprint density at radius 3 is 2.84 bits per heavy atom. The van der Waals surface area contributed by atoms with Gasteiger partial charge in [0.15, 0.2) is 0 Å². The van der Waals surface area contributed by atoms with E-state index in [4.69, 9.17) is 5.73 Å². The number of halogens is 1. The number of benzene rings is 1. The summed E-state index contributed by atoms with van der Waals surface area (Å²) in [4.78, 5) is 0. The summed E-state index contributed by atoms with van der Waals surface area (Å²) >= 11 is 0. The average Bonchev–Trinajstić information content (AvgIpc) is 2.95. The molecule has 0 amide bonds. The number of rotatable bonds is 2. The summed E-state index contributed by atoms with van der Waals surface area (Å²) in [7, 11) is 0. The van der Waals surface area contributed by atoms with E-state index in [0.717, 1.165) is 24.8 Å². The quantitative estimate of drug-likeness (QED) is 0.862. The smallest absolute Gasteiger partial charge is 0.126 e. The molecule has 0 aromatic heterocycles. The molecule has 0 bridgehead atoms. The fraction of sp³-hybridized carbons (Fsp3) is 0.625. The second kappa shape index (κ2) is 4.29. The Hall–Kier alpha value is -0.930. The Kier molecular flexibility index (Phi) is 2.95. The molecular weight excluding hydrogens is 241 g/mol. The summed E-state index contributed by atoms with van der Waals surface area (Å²) < 4.78 is 13.9. The van der Waals surface area contributed by atoms with Crippen LogP contribution in [-0.2, 0) is 12.0 Å². The van der Waals surface area contributed by atoms with Gasteiger partial charge in [0.05, 0.1) is 5.60 Å². The topological polar surface area (TPSA) is 46.2 Å². The first-order valence-electron chi connectivity index (χ1n) is 7.23. The minimum atomic E-state index is -0.941. The van der Waals surface area contributed by atoms with E-state index in [0.29, 0.717) is 30.9 Å². The van der Waals surface area contributed by atoms with Crippen molar-refractivity contribution >= 4 is 0 Å². The molecule has 3 rings (SSSR count). The van der Waals surface area contributed by atoms with Gasteiger partial charge in [-0.15, -0.1) is 0 Å². The summed E-state index contributed by atoms with van der Waals surface area (Å²) in [5.74, 6) is 0.400. The maximum atomic E-state index is 13.9. The molecule has 1 fully saturated rings. The molecule has 0 heterocycles. The molecule has 1 aromatic carbocycles. The lowest BCUT2D eigenvalue weighted by Crippen LogP contribution is -2.47. The highest BCUT2D eigenvalue weighted by Gasteiger charge is 2.56. The predicted molar refractivity (Wildman–Crippen MR) is 73.1 cm³/mol. The zero-order valence-electron chi connectivity index (χ0n) is 11.5. The lowest BCUT2D eigenvalue weighted by Gasteiger charge is -2.43. The maximum absolute atomic E-state index is 13.9. The van der Waals surface area contributed by atoms with Crippen molar-refractivity contribution in [1.29, 1.82) is 0 Å². The second-order valence-electron chi connectivity index (χ2n) is 6.46. The van der Waals surface area contributed by atoms with Crippen LogP contribution in [0, 0.1) is 17.2 Å². The van der Waals surface area contributed by atoms with Gasteiger partial charge in [-0.05, 0) is 55.2 Å². The van der Waals surface area contributed by atoms with Crippen molar-refractivity contribution in [3.05, 3.63) is 35.1 Å². The number of hydrogen-bond donors (Lipinski definition) is 2. The van der Waals surface area contributed by atoms with Gasteiger partial charge in [-0.1, -0.05) is 19.1 Å². The van der Waals surface area contributed by atoms with Crippen LogP contribution in [0.25, 0.3) is 0 Å². The minimum Gasteiger partial charge on any atom is -0.385 e. The monoisotopic (exact) mass is 263 g/mol. The molecule has 19 heavy (non-hydrogen) atoms. The van der Waals surface area contributed by atoms with E-state index < -0.39 is 5.60 Å². The van der Waals surface area contributed by atoms with Crippen LogP contribution in [0.5, 0.6) is 0 Å². The van der Waals surface area contributed by atoms with Gasteiger partial charge in [-0.2, -0.15) is 0 Å². The largest absolute Gasteiger partial charge is 0.385 e. The van der Waals surface area contributed by atoms with Gasteiger partial charge in [0.2, 0.25) is 0 Å². The molecular formula is C16H22FNO. The summed E-state index contributed by atoms with van der Waals surface area (Å²) in [5.41, 5.74) is 6.30. The summed E-state index contributed by atoms with van der Waals surface area (Å²) in [6, 6.07) is 5.07. The van der Waals surface area contributed by atoms with Crippen molar-refractivity contribution < 1.29 is 9.50 Å². The van der Waals surface area contributed by atoms with Gasteiger partial charge >= 0.3 is 0 Å². The van der Waals surface area contributed by atoms with Crippen LogP contribution < -0.4 is 5.73 Å². The molecule has 2 aliphatic rings. The van der Waals surface area contributed by atoms with Gasteiger partial charge < -0.3 is 10.8 Å². The lowest BCUT2D eigenvalue weighted by molar-refractivity contribution is -0.0852. The standard InChI is InChI=1S/C16H22FNO/c1-11-5-7-15(9-11,10-18)16(19)8-6-12-13(16)3-2-4-14(12)17/h2-4,11,19H,5-10,18H2,1H3. The summed E-state index contributed by atoms with van der Waals surface area (Å²) in [6.07, 6.45) is 4.21. The molecule has 3 N–H and O–H groups in total. The fourth-order valence-corrected chi connectivity index (χ4v) is 4.32. The van der Waals surface area contributed by atoms with Crippen molar-refractivity contribution in [1.82, 2.24) is 0 Å². The third-order valence-electron chi connectivity index (χ3n) is 5.42. The van der Waals surface area contributed by atoms with Crippen molar-refractivity contribution in [3.63, 3.8) is 0 Å². The first-order chi connectivity index (χ1) is 9.02. The Labute approximate surface area is 113 Å². The van der Waals surface area contributed by atoms with Crippen LogP contribution in [0.15, 0.2) is 18.2 Å². The van der Waals surface area contributed by atoms with Crippen molar-refractivity contribution in [2.45, 2.75) is 44.6 Å². The zero-order valence-corrected chi connectivity index (χ0v) is 11.5. The molecule has 0 spiro atoms. The molecule has 1 aromatic rings. The second-order valence-corrected chi connectivity index (χ2v) is 6.46. The molecule has 1 saturated carbocycles. The zero-order chi connectivity index (χ0) is 13.7. The highest BCUT2D eigenvalue weighted by Crippen LogP contribution is 2.57. The molecule has 0 saturated heterocycles.